The number of ether oxygens (including phenoxy) is 1. The van der Waals surface area contributed by atoms with Gasteiger partial charge >= 0.3 is 5.97 Å². The number of carbonyl (C=O) groups excluding carboxylic acids is 1. The van der Waals surface area contributed by atoms with Crippen molar-refractivity contribution in [3.05, 3.63) is 0 Å². The molecule has 108 valence electrons. The van der Waals surface area contributed by atoms with Crippen LogP contribution >= 0.6 is 0 Å². The predicted octanol–water partition coefficient (Wildman–Crippen LogP) is 0.238. The average Bonchev–Trinajstić information content (AvgIpc) is 2.68. The molecule has 0 aromatic heterocycles. The molecule has 1 aliphatic heterocycles. The Morgan fingerprint density at radius 2 is 2.00 bits per heavy atom. The van der Waals surface area contributed by atoms with Gasteiger partial charge < -0.3 is 19.8 Å². The molecule has 2 aliphatic rings. The van der Waals surface area contributed by atoms with Crippen molar-refractivity contribution in [2.45, 2.75) is 50.9 Å². The molecule has 1 saturated heterocycles. The lowest BCUT2D eigenvalue weighted by atomic mass is 9.79. The number of aliphatic hydroxyl groups is 1. The van der Waals surface area contributed by atoms with Crippen molar-refractivity contribution in [2.24, 2.45) is 5.92 Å². The Kier molecular flexibility index (Phi) is 4.42. The fourth-order valence-electron chi connectivity index (χ4n) is 2.90. The molecule has 2 fully saturated rings. The first-order chi connectivity index (χ1) is 9.01. The Hall–Kier alpha value is -1.14. The minimum Gasteiger partial charge on any atom is -0.480 e. The second-order valence-electron chi connectivity index (χ2n) is 5.41. The zero-order valence-corrected chi connectivity index (χ0v) is 11.1. The summed E-state index contributed by atoms with van der Waals surface area (Å²) in [5.41, 5.74) is 0. The number of hydrogen-bond acceptors (Lipinski definition) is 4. The number of aliphatic hydroxyl groups excluding tert-OH is 1. The van der Waals surface area contributed by atoms with Crippen LogP contribution in [0.25, 0.3) is 0 Å². The number of carbonyl (C=O) groups is 2. The Balaban J connectivity index is 1.81. The van der Waals surface area contributed by atoms with Gasteiger partial charge in [-0.05, 0) is 25.7 Å². The summed E-state index contributed by atoms with van der Waals surface area (Å²) in [4.78, 5) is 24.4. The van der Waals surface area contributed by atoms with Crippen molar-refractivity contribution in [3.63, 3.8) is 0 Å². The highest BCUT2D eigenvalue weighted by molar-refractivity contribution is 5.84. The van der Waals surface area contributed by atoms with E-state index in [2.05, 4.69) is 0 Å². The van der Waals surface area contributed by atoms with Crippen LogP contribution in [-0.4, -0.2) is 58.4 Å². The van der Waals surface area contributed by atoms with Crippen molar-refractivity contribution >= 4 is 11.9 Å². The fourth-order valence-corrected chi connectivity index (χ4v) is 2.90. The molecule has 1 amide bonds. The van der Waals surface area contributed by atoms with E-state index in [1.54, 1.807) is 0 Å². The van der Waals surface area contributed by atoms with E-state index < -0.39 is 18.1 Å². The summed E-state index contributed by atoms with van der Waals surface area (Å²) in [6.45, 7) is 2.77. The molecule has 0 aromatic rings. The minimum atomic E-state index is -1.04. The van der Waals surface area contributed by atoms with E-state index in [4.69, 9.17) is 9.84 Å². The fraction of sp³-hybridized carbons (Fsp3) is 0.846. The van der Waals surface area contributed by atoms with Crippen molar-refractivity contribution in [3.8, 4) is 0 Å². The topological polar surface area (TPSA) is 87.1 Å². The van der Waals surface area contributed by atoms with Gasteiger partial charge in [0.2, 0.25) is 5.91 Å². The molecule has 0 bridgehead atoms. The van der Waals surface area contributed by atoms with E-state index in [9.17, 15) is 14.7 Å². The zero-order valence-electron chi connectivity index (χ0n) is 11.1. The van der Waals surface area contributed by atoms with Crippen LogP contribution in [0.1, 0.15) is 32.6 Å². The van der Waals surface area contributed by atoms with E-state index >= 15 is 0 Å². The van der Waals surface area contributed by atoms with Crippen LogP contribution in [-0.2, 0) is 14.3 Å². The third-order valence-electron chi connectivity index (χ3n) is 3.94. The van der Waals surface area contributed by atoms with Gasteiger partial charge in [-0.15, -0.1) is 0 Å². The van der Waals surface area contributed by atoms with Gasteiger partial charge in [0.25, 0.3) is 0 Å². The van der Waals surface area contributed by atoms with E-state index in [1.807, 2.05) is 6.92 Å². The lowest BCUT2D eigenvalue weighted by molar-refractivity contribution is -0.149. The minimum absolute atomic E-state index is 0.132. The van der Waals surface area contributed by atoms with E-state index in [-0.39, 0.29) is 30.9 Å². The third kappa shape index (κ3) is 3.25. The predicted molar refractivity (Wildman–Crippen MR) is 66.5 cm³/mol. The van der Waals surface area contributed by atoms with Crippen LogP contribution in [0.3, 0.4) is 0 Å². The van der Waals surface area contributed by atoms with Crippen LogP contribution < -0.4 is 0 Å². The number of likely N-dealkylation sites (tertiary alicyclic amines) is 1. The Labute approximate surface area is 112 Å². The van der Waals surface area contributed by atoms with Crippen LogP contribution in [0.5, 0.6) is 0 Å². The van der Waals surface area contributed by atoms with Crippen LogP contribution in [0.4, 0.5) is 0 Å². The van der Waals surface area contributed by atoms with Crippen molar-refractivity contribution in [1.82, 2.24) is 4.90 Å². The first-order valence-corrected chi connectivity index (χ1v) is 6.83. The van der Waals surface area contributed by atoms with Gasteiger partial charge in [-0.3, -0.25) is 4.79 Å². The number of aliphatic carboxylic acids is 1. The Morgan fingerprint density at radius 3 is 2.58 bits per heavy atom. The summed E-state index contributed by atoms with van der Waals surface area (Å²) in [7, 11) is 0. The first-order valence-electron chi connectivity index (χ1n) is 6.83. The second kappa shape index (κ2) is 5.88. The zero-order chi connectivity index (χ0) is 14.0. The molecule has 6 nitrogen and oxygen atoms in total. The Morgan fingerprint density at radius 1 is 1.32 bits per heavy atom. The average molecular weight is 271 g/mol. The second-order valence-corrected chi connectivity index (χ2v) is 5.41. The summed E-state index contributed by atoms with van der Waals surface area (Å²) in [5, 5.41) is 18.6. The molecule has 6 heteroatoms. The standard InChI is InChI=1S/C13H21NO5/c1-2-19-10-3-8(4-10)5-12(16)14-7-9(15)6-11(14)13(17)18/h8-11,15H,2-7H2,1H3,(H,17,18)/t8?,9-,10?,11+/m1/s1. The number of amides is 1. The van der Waals surface area contributed by atoms with Gasteiger partial charge in [0, 0.05) is 26.0 Å². The van der Waals surface area contributed by atoms with Gasteiger partial charge in [0.15, 0.2) is 0 Å². The van der Waals surface area contributed by atoms with Crippen molar-refractivity contribution in [2.75, 3.05) is 13.2 Å². The van der Waals surface area contributed by atoms with Gasteiger partial charge in [0.05, 0.1) is 12.2 Å². The molecule has 19 heavy (non-hydrogen) atoms. The maximum Gasteiger partial charge on any atom is 0.326 e. The SMILES string of the molecule is CCOC1CC(CC(=O)N2C[C@H](O)C[C@H]2C(=O)O)C1. The van der Waals surface area contributed by atoms with Gasteiger partial charge in [0.1, 0.15) is 6.04 Å². The first kappa shape index (κ1) is 14.3. The normalized spacial score (nSPS) is 34.1. The monoisotopic (exact) mass is 271 g/mol. The molecule has 0 spiro atoms. The van der Waals surface area contributed by atoms with E-state index in [0.717, 1.165) is 12.8 Å². The molecule has 2 rings (SSSR count). The number of carboxylic acids is 1. The van der Waals surface area contributed by atoms with Gasteiger partial charge in [-0.1, -0.05) is 0 Å². The molecular formula is C13H21NO5. The summed E-state index contributed by atoms with van der Waals surface area (Å²) in [6, 6.07) is -0.870. The van der Waals surface area contributed by atoms with Crippen LogP contribution in [0.2, 0.25) is 0 Å². The van der Waals surface area contributed by atoms with E-state index in [0.29, 0.717) is 13.0 Å². The molecule has 1 aliphatic carbocycles. The largest absolute Gasteiger partial charge is 0.480 e. The smallest absolute Gasteiger partial charge is 0.326 e. The highest BCUT2D eigenvalue weighted by Crippen LogP contribution is 2.34. The number of hydrogen-bond donors (Lipinski definition) is 2. The molecule has 0 aromatic carbocycles. The summed E-state index contributed by atoms with van der Waals surface area (Å²) in [5.74, 6) is -0.911. The number of β-amino-alcohol motifs (C(OH)–C–C–N with tert-alkyl or cyclic N) is 1. The van der Waals surface area contributed by atoms with Crippen molar-refractivity contribution < 1.29 is 24.5 Å². The number of nitrogens with zero attached hydrogens (tertiary/aromatic N) is 1. The molecule has 0 unspecified atom stereocenters. The molecule has 1 saturated carbocycles. The van der Waals surface area contributed by atoms with Crippen LogP contribution in [0.15, 0.2) is 0 Å². The third-order valence-corrected chi connectivity index (χ3v) is 3.94. The summed E-state index contributed by atoms with van der Waals surface area (Å²) < 4.78 is 5.43. The lowest BCUT2D eigenvalue weighted by Gasteiger charge is -2.35. The van der Waals surface area contributed by atoms with E-state index in [1.165, 1.54) is 4.90 Å². The maximum atomic E-state index is 12.1. The number of rotatable bonds is 5. The summed E-state index contributed by atoms with van der Waals surface area (Å²) in [6.07, 6.45) is 1.76. The Bertz CT molecular complexity index is 353. The maximum absolute atomic E-state index is 12.1. The number of carboxylic acid groups (broad SMARTS) is 1. The molecule has 2 N–H and O–H groups in total. The highest BCUT2D eigenvalue weighted by Gasteiger charge is 2.40. The van der Waals surface area contributed by atoms with Crippen LogP contribution in [0, 0.1) is 5.92 Å². The van der Waals surface area contributed by atoms with Gasteiger partial charge in [-0.25, -0.2) is 4.79 Å². The quantitative estimate of drug-likeness (QED) is 0.748. The highest BCUT2D eigenvalue weighted by atomic mass is 16.5. The molecule has 0 radical (unpaired) electrons. The molecule has 1 heterocycles. The van der Waals surface area contributed by atoms with Crippen molar-refractivity contribution in [1.29, 1.82) is 0 Å². The lowest BCUT2D eigenvalue weighted by Crippen LogP contribution is -2.43. The van der Waals surface area contributed by atoms with Gasteiger partial charge in [-0.2, -0.15) is 0 Å². The molecule has 2 atom stereocenters. The molecular weight excluding hydrogens is 250 g/mol. The summed E-state index contributed by atoms with van der Waals surface area (Å²) >= 11 is 0.